The molecular formula is C12H26N2O. The number of hydrogen-bond donors (Lipinski definition) is 1. The van der Waals surface area contributed by atoms with Crippen molar-refractivity contribution in [3.63, 3.8) is 0 Å². The lowest BCUT2D eigenvalue weighted by Crippen LogP contribution is -2.55. The first-order valence-electron chi connectivity index (χ1n) is 6.26. The van der Waals surface area contributed by atoms with Crippen LogP contribution < -0.4 is 5.73 Å². The van der Waals surface area contributed by atoms with E-state index < -0.39 is 0 Å². The molecular weight excluding hydrogens is 188 g/mol. The Balaban J connectivity index is 2.41. The first-order chi connectivity index (χ1) is 7.23. The fraction of sp³-hybridized carbons (Fsp3) is 1.00. The topological polar surface area (TPSA) is 38.5 Å². The van der Waals surface area contributed by atoms with E-state index in [-0.39, 0.29) is 5.54 Å². The molecule has 1 rings (SSSR count). The lowest BCUT2D eigenvalue weighted by molar-refractivity contribution is -0.0169. The molecule has 1 heterocycles. The Hall–Kier alpha value is -0.120. The van der Waals surface area contributed by atoms with E-state index in [9.17, 15) is 0 Å². The fourth-order valence-electron chi connectivity index (χ4n) is 2.25. The van der Waals surface area contributed by atoms with Gasteiger partial charge in [0.1, 0.15) is 0 Å². The van der Waals surface area contributed by atoms with Gasteiger partial charge >= 0.3 is 0 Å². The van der Waals surface area contributed by atoms with Gasteiger partial charge in [0.05, 0.1) is 13.2 Å². The van der Waals surface area contributed by atoms with Crippen LogP contribution in [0.15, 0.2) is 0 Å². The first-order valence-corrected chi connectivity index (χ1v) is 6.26. The highest BCUT2D eigenvalue weighted by atomic mass is 16.5. The second-order valence-corrected chi connectivity index (χ2v) is 4.76. The minimum Gasteiger partial charge on any atom is -0.379 e. The molecule has 0 aromatic carbocycles. The normalized spacial score (nSPS) is 22.6. The van der Waals surface area contributed by atoms with E-state index in [0.717, 1.165) is 32.8 Å². The Kier molecular flexibility index (Phi) is 5.58. The summed E-state index contributed by atoms with van der Waals surface area (Å²) in [7, 11) is 0. The number of morpholine rings is 1. The van der Waals surface area contributed by atoms with Crippen molar-refractivity contribution in [3.8, 4) is 0 Å². The van der Waals surface area contributed by atoms with Crippen LogP contribution in [0.2, 0.25) is 0 Å². The highest BCUT2D eigenvalue weighted by molar-refractivity contribution is 4.88. The average molecular weight is 214 g/mol. The molecule has 3 heteroatoms. The quantitative estimate of drug-likeness (QED) is 0.683. The molecule has 0 bridgehead atoms. The molecule has 15 heavy (non-hydrogen) atoms. The minimum absolute atomic E-state index is 0.193. The van der Waals surface area contributed by atoms with Crippen LogP contribution >= 0.6 is 0 Å². The molecule has 0 amide bonds. The molecule has 0 aromatic heterocycles. The maximum absolute atomic E-state index is 5.94. The molecule has 90 valence electrons. The van der Waals surface area contributed by atoms with Crippen molar-refractivity contribution in [3.05, 3.63) is 0 Å². The van der Waals surface area contributed by atoms with Gasteiger partial charge in [0.2, 0.25) is 0 Å². The zero-order valence-corrected chi connectivity index (χ0v) is 10.3. The van der Waals surface area contributed by atoms with Crippen molar-refractivity contribution < 1.29 is 4.74 Å². The summed E-state index contributed by atoms with van der Waals surface area (Å²) in [5.41, 5.74) is 6.13. The number of ether oxygens (including phenoxy) is 1. The van der Waals surface area contributed by atoms with Gasteiger partial charge in [-0.15, -0.1) is 0 Å². The maximum Gasteiger partial charge on any atom is 0.0594 e. The fourth-order valence-corrected chi connectivity index (χ4v) is 2.25. The Morgan fingerprint density at radius 3 is 2.47 bits per heavy atom. The van der Waals surface area contributed by atoms with Crippen LogP contribution in [0.25, 0.3) is 0 Å². The summed E-state index contributed by atoms with van der Waals surface area (Å²) in [4.78, 5) is 2.51. The standard InChI is InChI=1S/C12H26N2O/c1-3-4-5-6-12(2,11-13)14-7-9-15-10-8-14/h3-11,13H2,1-2H3. The van der Waals surface area contributed by atoms with Crippen molar-refractivity contribution >= 4 is 0 Å². The smallest absolute Gasteiger partial charge is 0.0594 e. The molecule has 0 saturated carbocycles. The molecule has 3 nitrogen and oxygen atoms in total. The summed E-state index contributed by atoms with van der Waals surface area (Å²) in [6.07, 6.45) is 5.11. The van der Waals surface area contributed by atoms with Crippen molar-refractivity contribution in [1.82, 2.24) is 4.90 Å². The van der Waals surface area contributed by atoms with Crippen molar-refractivity contribution in [1.29, 1.82) is 0 Å². The molecule has 1 fully saturated rings. The average Bonchev–Trinajstić information content (AvgIpc) is 2.30. The molecule has 0 spiro atoms. The third-order valence-electron chi connectivity index (χ3n) is 3.53. The number of hydrogen-bond acceptors (Lipinski definition) is 3. The lowest BCUT2D eigenvalue weighted by atomic mass is 9.92. The SMILES string of the molecule is CCCCCC(C)(CN)N1CCOCC1. The van der Waals surface area contributed by atoms with E-state index >= 15 is 0 Å². The molecule has 1 aliphatic rings. The Morgan fingerprint density at radius 1 is 1.27 bits per heavy atom. The van der Waals surface area contributed by atoms with Gasteiger partial charge in [-0.05, 0) is 13.3 Å². The van der Waals surface area contributed by atoms with Gasteiger partial charge in [-0.1, -0.05) is 26.2 Å². The summed E-state index contributed by atoms with van der Waals surface area (Å²) < 4.78 is 5.38. The van der Waals surface area contributed by atoms with Crippen LogP contribution in [-0.2, 0) is 4.74 Å². The molecule has 0 aromatic rings. The van der Waals surface area contributed by atoms with Gasteiger partial charge < -0.3 is 10.5 Å². The minimum atomic E-state index is 0.193. The Morgan fingerprint density at radius 2 is 1.93 bits per heavy atom. The summed E-state index contributed by atoms with van der Waals surface area (Å²) in [6, 6.07) is 0. The van der Waals surface area contributed by atoms with Gasteiger partial charge in [-0.3, -0.25) is 4.90 Å². The third-order valence-corrected chi connectivity index (χ3v) is 3.53. The highest BCUT2D eigenvalue weighted by Gasteiger charge is 2.30. The van der Waals surface area contributed by atoms with Gasteiger partial charge in [-0.2, -0.15) is 0 Å². The molecule has 0 aliphatic carbocycles. The van der Waals surface area contributed by atoms with Crippen LogP contribution in [0.3, 0.4) is 0 Å². The summed E-state index contributed by atoms with van der Waals surface area (Å²) in [5.74, 6) is 0. The van der Waals surface area contributed by atoms with E-state index in [0.29, 0.717) is 0 Å². The Labute approximate surface area is 94.0 Å². The predicted octanol–water partition coefficient (Wildman–Crippen LogP) is 1.62. The van der Waals surface area contributed by atoms with E-state index in [1.165, 1.54) is 25.7 Å². The largest absolute Gasteiger partial charge is 0.379 e. The maximum atomic E-state index is 5.94. The van der Waals surface area contributed by atoms with E-state index in [1.54, 1.807) is 0 Å². The number of rotatable bonds is 6. The second kappa shape index (κ2) is 6.46. The lowest BCUT2D eigenvalue weighted by Gasteiger charge is -2.43. The van der Waals surface area contributed by atoms with Crippen LogP contribution in [0, 0.1) is 0 Å². The number of nitrogens with two attached hydrogens (primary N) is 1. The zero-order chi connectivity index (χ0) is 11.1. The van der Waals surface area contributed by atoms with Crippen LogP contribution in [0.5, 0.6) is 0 Å². The van der Waals surface area contributed by atoms with Crippen molar-refractivity contribution in [2.75, 3.05) is 32.8 Å². The van der Waals surface area contributed by atoms with E-state index in [4.69, 9.17) is 10.5 Å². The zero-order valence-electron chi connectivity index (χ0n) is 10.3. The van der Waals surface area contributed by atoms with Crippen molar-refractivity contribution in [2.45, 2.75) is 45.1 Å². The van der Waals surface area contributed by atoms with E-state index in [2.05, 4.69) is 18.7 Å². The monoisotopic (exact) mass is 214 g/mol. The van der Waals surface area contributed by atoms with Crippen molar-refractivity contribution in [2.24, 2.45) is 5.73 Å². The molecule has 1 atom stereocenters. The number of nitrogens with zero attached hydrogens (tertiary/aromatic N) is 1. The highest BCUT2D eigenvalue weighted by Crippen LogP contribution is 2.22. The van der Waals surface area contributed by atoms with Crippen LogP contribution in [0.1, 0.15) is 39.5 Å². The third kappa shape index (κ3) is 3.74. The number of unbranched alkanes of at least 4 members (excludes halogenated alkanes) is 2. The van der Waals surface area contributed by atoms with E-state index in [1.807, 2.05) is 0 Å². The molecule has 0 radical (unpaired) electrons. The van der Waals surface area contributed by atoms with Gasteiger partial charge in [-0.25, -0.2) is 0 Å². The summed E-state index contributed by atoms with van der Waals surface area (Å²) >= 11 is 0. The molecule has 1 saturated heterocycles. The van der Waals surface area contributed by atoms with Crippen LogP contribution in [-0.4, -0.2) is 43.3 Å². The first kappa shape index (κ1) is 12.9. The van der Waals surface area contributed by atoms with Gasteiger partial charge in [0.15, 0.2) is 0 Å². The molecule has 1 aliphatic heterocycles. The van der Waals surface area contributed by atoms with Crippen LogP contribution in [0.4, 0.5) is 0 Å². The molecule has 2 N–H and O–H groups in total. The predicted molar refractivity (Wildman–Crippen MR) is 64.0 cm³/mol. The van der Waals surface area contributed by atoms with Gasteiger partial charge in [0, 0.05) is 25.2 Å². The Bertz CT molecular complexity index is 169. The summed E-state index contributed by atoms with van der Waals surface area (Å²) in [5, 5.41) is 0. The van der Waals surface area contributed by atoms with Gasteiger partial charge in [0.25, 0.3) is 0 Å². The summed E-state index contributed by atoms with van der Waals surface area (Å²) in [6.45, 7) is 9.12. The molecule has 1 unspecified atom stereocenters. The second-order valence-electron chi connectivity index (χ2n) is 4.76.